The van der Waals surface area contributed by atoms with Crippen LogP contribution < -0.4 is 0 Å². The highest BCUT2D eigenvalue weighted by Gasteiger charge is 2.18. The highest BCUT2D eigenvalue weighted by molar-refractivity contribution is 5.78. The average molecular weight is 172 g/mol. The highest BCUT2D eigenvalue weighted by Crippen LogP contribution is 2.05. The van der Waals surface area contributed by atoms with E-state index in [2.05, 4.69) is 0 Å². The van der Waals surface area contributed by atoms with E-state index in [0.29, 0.717) is 6.42 Å². The van der Waals surface area contributed by atoms with E-state index in [0.717, 1.165) is 17.3 Å². The molecule has 0 aliphatic carbocycles. The van der Waals surface area contributed by atoms with Crippen molar-refractivity contribution in [1.29, 1.82) is 0 Å². The van der Waals surface area contributed by atoms with Gasteiger partial charge in [-0.2, -0.15) is 0 Å². The second-order valence-electron chi connectivity index (χ2n) is 4.28. The van der Waals surface area contributed by atoms with Crippen LogP contribution in [0.15, 0.2) is 0 Å². The van der Waals surface area contributed by atoms with Crippen molar-refractivity contribution in [2.24, 2.45) is 5.92 Å². The fourth-order valence-corrected chi connectivity index (χ4v) is 1.23. The summed E-state index contributed by atoms with van der Waals surface area (Å²) in [5, 5.41) is 0. The number of aldehydes is 1. The van der Waals surface area contributed by atoms with Crippen LogP contribution in [0.5, 0.6) is 0 Å². The smallest absolute Gasteiger partial charge is 0.130 e. The number of rotatable bonds is 5. The van der Waals surface area contributed by atoms with Crippen LogP contribution >= 0.6 is 0 Å². The maximum Gasteiger partial charge on any atom is 0.130 e. The van der Waals surface area contributed by atoms with E-state index in [1.54, 1.807) is 0 Å². The normalized spacial score (nSPS) is 14.0. The number of carbonyl (C=O) groups excluding carboxylic acids is 2. The summed E-state index contributed by atoms with van der Waals surface area (Å²) < 4.78 is 0.719. The molecule has 12 heavy (non-hydrogen) atoms. The Morgan fingerprint density at radius 1 is 1.42 bits per heavy atom. The van der Waals surface area contributed by atoms with Gasteiger partial charge < -0.3 is 14.1 Å². The molecule has 3 heteroatoms. The van der Waals surface area contributed by atoms with Gasteiger partial charge in [0.05, 0.1) is 33.6 Å². The minimum atomic E-state index is -0.123. The number of quaternary nitrogens is 1. The Balaban J connectivity index is 4.00. The van der Waals surface area contributed by atoms with Gasteiger partial charge in [-0.25, -0.2) is 0 Å². The second-order valence-corrected chi connectivity index (χ2v) is 4.28. The zero-order valence-corrected chi connectivity index (χ0v) is 8.33. The zero-order chi connectivity index (χ0) is 9.78. The molecule has 0 aromatic heterocycles. The van der Waals surface area contributed by atoms with Gasteiger partial charge in [-0.05, 0) is 6.92 Å². The van der Waals surface area contributed by atoms with Crippen LogP contribution in [-0.2, 0) is 9.59 Å². The van der Waals surface area contributed by atoms with E-state index in [9.17, 15) is 9.59 Å². The highest BCUT2D eigenvalue weighted by atomic mass is 16.1. The Kier molecular flexibility index (Phi) is 4.10. The predicted octanol–water partition coefficient (Wildman–Crippen LogP) is 0.487. The first kappa shape index (κ1) is 11.3. The Morgan fingerprint density at radius 3 is 2.17 bits per heavy atom. The summed E-state index contributed by atoms with van der Waals surface area (Å²) in [6.45, 7) is 2.25. The molecule has 0 heterocycles. The van der Waals surface area contributed by atoms with E-state index in [-0.39, 0.29) is 11.7 Å². The third-order valence-corrected chi connectivity index (χ3v) is 1.52. The summed E-state index contributed by atoms with van der Waals surface area (Å²) in [5.41, 5.74) is 0. The van der Waals surface area contributed by atoms with Crippen molar-refractivity contribution < 1.29 is 14.1 Å². The van der Waals surface area contributed by atoms with Gasteiger partial charge in [-0.1, -0.05) is 0 Å². The van der Waals surface area contributed by atoms with Gasteiger partial charge in [0.1, 0.15) is 12.1 Å². The fourth-order valence-electron chi connectivity index (χ4n) is 1.23. The van der Waals surface area contributed by atoms with Gasteiger partial charge in [0.15, 0.2) is 0 Å². The number of hydrogen-bond donors (Lipinski definition) is 0. The molecule has 0 radical (unpaired) electrons. The molecule has 0 saturated heterocycles. The molecule has 1 atom stereocenters. The Labute approximate surface area is 74.0 Å². The standard InChI is InChI=1S/C9H18NO2/c1-8(12)5-9(7-11)6-10(2,3)4/h7,9H,5-6H2,1-4H3/q+1. The van der Waals surface area contributed by atoms with Crippen LogP contribution in [0.25, 0.3) is 0 Å². The molecule has 0 aromatic carbocycles. The van der Waals surface area contributed by atoms with Crippen LogP contribution in [0.2, 0.25) is 0 Å². The largest absolute Gasteiger partial charge is 0.330 e. The van der Waals surface area contributed by atoms with Crippen molar-refractivity contribution in [2.45, 2.75) is 13.3 Å². The third kappa shape index (κ3) is 6.04. The molecular weight excluding hydrogens is 154 g/mol. The SMILES string of the molecule is CC(=O)CC(C=O)C[N+](C)(C)C. The lowest BCUT2D eigenvalue weighted by molar-refractivity contribution is -0.872. The van der Waals surface area contributed by atoms with Crippen molar-refractivity contribution >= 4 is 12.1 Å². The molecule has 0 aromatic rings. The molecule has 0 N–H and O–H groups in total. The molecule has 0 saturated carbocycles. The van der Waals surface area contributed by atoms with E-state index in [1.807, 2.05) is 21.1 Å². The predicted molar refractivity (Wildman–Crippen MR) is 47.8 cm³/mol. The lowest BCUT2D eigenvalue weighted by Crippen LogP contribution is -2.40. The van der Waals surface area contributed by atoms with Crippen LogP contribution in [-0.4, -0.2) is 44.2 Å². The molecule has 0 amide bonds. The summed E-state index contributed by atoms with van der Waals surface area (Å²) in [6.07, 6.45) is 1.25. The van der Waals surface area contributed by atoms with Crippen LogP contribution in [0, 0.1) is 5.92 Å². The molecule has 0 fully saturated rings. The minimum Gasteiger partial charge on any atom is -0.330 e. The number of ketones is 1. The first-order chi connectivity index (χ1) is 5.35. The Morgan fingerprint density at radius 2 is 1.92 bits per heavy atom. The Hall–Kier alpha value is -0.700. The van der Waals surface area contributed by atoms with E-state index >= 15 is 0 Å². The fraction of sp³-hybridized carbons (Fsp3) is 0.778. The first-order valence-corrected chi connectivity index (χ1v) is 4.10. The minimum absolute atomic E-state index is 0.0838. The Bertz CT molecular complexity index is 170. The monoisotopic (exact) mass is 172 g/mol. The van der Waals surface area contributed by atoms with E-state index in [1.165, 1.54) is 6.92 Å². The quantitative estimate of drug-likeness (QED) is 0.446. The average Bonchev–Trinajstić information content (AvgIpc) is 1.82. The first-order valence-electron chi connectivity index (χ1n) is 4.10. The molecule has 0 rings (SSSR count). The number of hydrogen-bond acceptors (Lipinski definition) is 2. The van der Waals surface area contributed by atoms with Crippen molar-refractivity contribution in [3.8, 4) is 0 Å². The molecule has 0 aliphatic heterocycles. The van der Waals surface area contributed by atoms with Gasteiger partial charge in [0.2, 0.25) is 0 Å². The molecule has 3 nitrogen and oxygen atoms in total. The summed E-state index contributed by atoms with van der Waals surface area (Å²) >= 11 is 0. The molecular formula is C9H18NO2+. The van der Waals surface area contributed by atoms with Crippen molar-refractivity contribution in [3.05, 3.63) is 0 Å². The second kappa shape index (κ2) is 4.36. The molecule has 0 bridgehead atoms. The number of Topliss-reactive ketones (excluding diaryl/α,β-unsaturated/α-hetero) is 1. The zero-order valence-electron chi connectivity index (χ0n) is 8.33. The number of carbonyl (C=O) groups is 2. The van der Waals surface area contributed by atoms with Gasteiger partial charge in [0.25, 0.3) is 0 Å². The van der Waals surface area contributed by atoms with E-state index < -0.39 is 0 Å². The molecule has 70 valence electrons. The summed E-state index contributed by atoms with van der Waals surface area (Å²) in [6, 6.07) is 0. The molecule has 1 unspecified atom stereocenters. The molecule has 0 aliphatic rings. The van der Waals surface area contributed by atoms with Gasteiger partial charge in [0, 0.05) is 6.42 Å². The van der Waals surface area contributed by atoms with Gasteiger partial charge in [-0.3, -0.25) is 0 Å². The van der Waals surface area contributed by atoms with Crippen LogP contribution in [0.4, 0.5) is 0 Å². The maximum absolute atomic E-state index is 10.7. The van der Waals surface area contributed by atoms with Gasteiger partial charge >= 0.3 is 0 Å². The summed E-state index contributed by atoms with van der Waals surface area (Å²) in [7, 11) is 6.03. The van der Waals surface area contributed by atoms with Crippen molar-refractivity contribution in [2.75, 3.05) is 27.7 Å². The van der Waals surface area contributed by atoms with E-state index in [4.69, 9.17) is 0 Å². The lowest BCUT2D eigenvalue weighted by Gasteiger charge is -2.26. The van der Waals surface area contributed by atoms with Crippen LogP contribution in [0.1, 0.15) is 13.3 Å². The topological polar surface area (TPSA) is 34.1 Å². The van der Waals surface area contributed by atoms with Crippen LogP contribution in [0.3, 0.4) is 0 Å². The van der Waals surface area contributed by atoms with Crippen molar-refractivity contribution in [1.82, 2.24) is 0 Å². The summed E-state index contributed by atoms with van der Waals surface area (Å²) in [4.78, 5) is 21.3. The number of nitrogens with zero attached hydrogens (tertiary/aromatic N) is 1. The maximum atomic E-state index is 10.7. The molecule has 0 spiro atoms. The van der Waals surface area contributed by atoms with Crippen molar-refractivity contribution in [3.63, 3.8) is 0 Å². The van der Waals surface area contributed by atoms with Gasteiger partial charge in [-0.15, -0.1) is 0 Å². The lowest BCUT2D eigenvalue weighted by atomic mass is 10.0. The summed E-state index contributed by atoms with van der Waals surface area (Å²) in [5.74, 6) is -0.0388. The third-order valence-electron chi connectivity index (χ3n) is 1.52.